The third-order valence-corrected chi connectivity index (χ3v) is 6.83. The van der Waals surface area contributed by atoms with Crippen LogP contribution in [0.1, 0.15) is 12.5 Å². The van der Waals surface area contributed by atoms with E-state index in [1.807, 2.05) is 0 Å². The average molecular weight is 548 g/mol. The molecule has 0 aliphatic carbocycles. The predicted molar refractivity (Wildman–Crippen MR) is 136 cm³/mol. The summed E-state index contributed by atoms with van der Waals surface area (Å²) in [5, 5.41) is 11.5. The van der Waals surface area contributed by atoms with Gasteiger partial charge in [-0.25, -0.2) is 17.2 Å². The molecule has 0 unspecified atom stereocenters. The van der Waals surface area contributed by atoms with E-state index >= 15 is 0 Å². The number of hydrogen-bond acceptors (Lipinski definition) is 6. The number of hydrogen-bond donors (Lipinski definition) is 3. The van der Waals surface area contributed by atoms with Crippen molar-refractivity contribution in [2.45, 2.75) is 24.4 Å². The van der Waals surface area contributed by atoms with E-state index in [1.54, 1.807) is 0 Å². The topological polar surface area (TPSA) is 125 Å². The maximum Gasteiger partial charge on any atom is 0.261 e. The van der Waals surface area contributed by atoms with Crippen molar-refractivity contribution in [2.75, 3.05) is 24.5 Å². The number of sulfonamides is 1. The lowest BCUT2D eigenvalue weighted by atomic mass is 10.1. The Morgan fingerprint density at radius 1 is 0.947 bits per heavy atom. The Bertz CT molecular complexity index is 1330. The lowest BCUT2D eigenvalue weighted by Gasteiger charge is -2.28. The first kappa shape index (κ1) is 28.5. The standard InChI is InChI=1S/C26H27F2N3O6S/c1-18(26(34)29-14-15-32)31(16-19-2-4-20(27)5-3-19)25(33)17-37-23-10-12-24(13-11-23)38(35,36)30-22-8-6-21(28)7-9-22/h2-13,18,30,32H,14-17H2,1H3,(H,29,34)/t18-/m0/s1. The molecular weight excluding hydrogens is 520 g/mol. The minimum Gasteiger partial charge on any atom is -0.484 e. The van der Waals surface area contributed by atoms with E-state index in [0.29, 0.717) is 5.56 Å². The van der Waals surface area contributed by atoms with Crippen LogP contribution < -0.4 is 14.8 Å². The number of carbonyl (C=O) groups excluding carboxylic acids is 2. The summed E-state index contributed by atoms with van der Waals surface area (Å²) >= 11 is 0. The maximum atomic E-state index is 13.3. The van der Waals surface area contributed by atoms with Gasteiger partial charge in [-0.05, 0) is 73.2 Å². The van der Waals surface area contributed by atoms with Gasteiger partial charge < -0.3 is 20.1 Å². The molecule has 38 heavy (non-hydrogen) atoms. The third-order valence-electron chi connectivity index (χ3n) is 5.44. The van der Waals surface area contributed by atoms with Crippen LogP contribution in [0.15, 0.2) is 77.7 Å². The SMILES string of the molecule is C[C@@H](C(=O)NCCO)N(Cc1ccc(F)cc1)C(=O)COc1ccc(S(=O)(=O)Nc2ccc(F)cc2)cc1. The number of carbonyl (C=O) groups is 2. The molecule has 0 saturated carbocycles. The number of benzene rings is 3. The van der Waals surface area contributed by atoms with Crippen molar-refractivity contribution in [2.24, 2.45) is 0 Å². The highest BCUT2D eigenvalue weighted by Crippen LogP contribution is 2.20. The van der Waals surface area contributed by atoms with E-state index < -0.39 is 46.1 Å². The van der Waals surface area contributed by atoms with E-state index in [1.165, 1.54) is 72.5 Å². The van der Waals surface area contributed by atoms with Gasteiger partial charge in [-0.2, -0.15) is 0 Å². The molecule has 3 aromatic carbocycles. The van der Waals surface area contributed by atoms with Gasteiger partial charge in [0.2, 0.25) is 5.91 Å². The molecule has 0 fully saturated rings. The fourth-order valence-electron chi connectivity index (χ4n) is 3.37. The molecule has 0 aliphatic rings. The van der Waals surface area contributed by atoms with Crippen LogP contribution in [-0.2, 0) is 26.2 Å². The van der Waals surface area contributed by atoms with Gasteiger partial charge in [0.15, 0.2) is 6.61 Å². The Balaban J connectivity index is 1.67. The monoisotopic (exact) mass is 547 g/mol. The maximum absolute atomic E-state index is 13.3. The Hall–Kier alpha value is -4.03. The van der Waals surface area contributed by atoms with Crippen LogP contribution in [0.5, 0.6) is 5.75 Å². The highest BCUT2D eigenvalue weighted by molar-refractivity contribution is 7.92. The Labute approximate surface area is 219 Å². The summed E-state index contributed by atoms with van der Waals surface area (Å²) in [6, 6.07) is 14.7. The largest absolute Gasteiger partial charge is 0.484 e. The van der Waals surface area contributed by atoms with Crippen molar-refractivity contribution < 1.29 is 36.6 Å². The van der Waals surface area contributed by atoms with Crippen molar-refractivity contribution in [1.29, 1.82) is 0 Å². The second-order valence-electron chi connectivity index (χ2n) is 8.21. The fraction of sp³-hybridized carbons (Fsp3) is 0.231. The molecule has 12 heteroatoms. The van der Waals surface area contributed by atoms with Crippen molar-refractivity contribution in [3.05, 3.63) is 90.0 Å². The van der Waals surface area contributed by atoms with E-state index in [9.17, 15) is 26.8 Å². The van der Waals surface area contributed by atoms with Crippen LogP contribution in [0, 0.1) is 11.6 Å². The number of aliphatic hydroxyl groups is 1. The quantitative estimate of drug-likeness (QED) is 0.320. The molecule has 3 aromatic rings. The lowest BCUT2D eigenvalue weighted by Crippen LogP contribution is -2.49. The smallest absolute Gasteiger partial charge is 0.261 e. The van der Waals surface area contributed by atoms with E-state index in [2.05, 4.69) is 10.0 Å². The van der Waals surface area contributed by atoms with Crippen molar-refractivity contribution in [1.82, 2.24) is 10.2 Å². The first-order chi connectivity index (χ1) is 18.1. The van der Waals surface area contributed by atoms with Gasteiger partial charge in [0.05, 0.1) is 11.5 Å². The summed E-state index contributed by atoms with van der Waals surface area (Å²) in [5.74, 6) is -1.77. The zero-order valence-corrected chi connectivity index (χ0v) is 21.3. The van der Waals surface area contributed by atoms with Gasteiger partial charge in [0.25, 0.3) is 15.9 Å². The van der Waals surface area contributed by atoms with Crippen molar-refractivity contribution >= 4 is 27.5 Å². The molecule has 0 aromatic heterocycles. The molecule has 3 N–H and O–H groups in total. The predicted octanol–water partition coefficient (Wildman–Crippen LogP) is 2.67. The van der Waals surface area contributed by atoms with E-state index in [-0.39, 0.29) is 36.0 Å². The summed E-state index contributed by atoms with van der Waals surface area (Å²) < 4.78 is 59.4. The molecular formula is C26H27F2N3O6S. The molecule has 202 valence electrons. The number of halogens is 2. The third kappa shape index (κ3) is 7.98. The molecule has 9 nitrogen and oxygen atoms in total. The van der Waals surface area contributed by atoms with E-state index in [0.717, 1.165) is 12.1 Å². The van der Waals surface area contributed by atoms with Gasteiger partial charge in [-0.1, -0.05) is 12.1 Å². The van der Waals surface area contributed by atoms with Gasteiger partial charge in [-0.3, -0.25) is 14.3 Å². The second kappa shape index (κ2) is 13.0. The second-order valence-corrected chi connectivity index (χ2v) is 9.89. The minimum absolute atomic E-state index is 0.00240. The first-order valence-electron chi connectivity index (χ1n) is 11.5. The van der Waals surface area contributed by atoms with Crippen molar-refractivity contribution in [3.63, 3.8) is 0 Å². The van der Waals surface area contributed by atoms with Crippen LogP contribution in [0.25, 0.3) is 0 Å². The van der Waals surface area contributed by atoms with Crippen LogP contribution in [0.4, 0.5) is 14.5 Å². The molecule has 0 aliphatic heterocycles. The van der Waals surface area contributed by atoms with Gasteiger partial charge in [-0.15, -0.1) is 0 Å². The molecule has 2 amide bonds. The van der Waals surface area contributed by atoms with Crippen LogP contribution in [0.2, 0.25) is 0 Å². The molecule has 0 spiro atoms. The van der Waals surface area contributed by atoms with Gasteiger partial charge in [0, 0.05) is 18.8 Å². The van der Waals surface area contributed by atoms with Crippen molar-refractivity contribution in [3.8, 4) is 5.75 Å². The number of aliphatic hydroxyl groups excluding tert-OH is 1. The van der Waals surface area contributed by atoms with Crippen LogP contribution in [0.3, 0.4) is 0 Å². The van der Waals surface area contributed by atoms with E-state index in [4.69, 9.17) is 9.84 Å². The van der Waals surface area contributed by atoms with Gasteiger partial charge in [0.1, 0.15) is 23.4 Å². The Morgan fingerprint density at radius 2 is 1.53 bits per heavy atom. The molecule has 0 bridgehead atoms. The summed E-state index contributed by atoms with van der Waals surface area (Å²) in [6.45, 7) is 0.811. The summed E-state index contributed by atoms with van der Waals surface area (Å²) in [7, 11) is -3.95. The number of ether oxygens (including phenoxy) is 1. The number of amides is 2. The zero-order chi connectivity index (χ0) is 27.7. The lowest BCUT2D eigenvalue weighted by molar-refractivity contribution is -0.142. The van der Waals surface area contributed by atoms with Crippen LogP contribution in [-0.4, -0.2) is 56.0 Å². The number of nitrogens with one attached hydrogen (secondary N) is 2. The summed E-state index contributed by atoms with van der Waals surface area (Å²) in [6.07, 6.45) is 0. The number of nitrogens with zero attached hydrogens (tertiary/aromatic N) is 1. The summed E-state index contributed by atoms with van der Waals surface area (Å²) in [5.41, 5.74) is 0.778. The highest BCUT2D eigenvalue weighted by atomic mass is 32.2. The molecule has 0 heterocycles. The number of rotatable bonds is 12. The molecule has 0 radical (unpaired) electrons. The zero-order valence-electron chi connectivity index (χ0n) is 20.4. The highest BCUT2D eigenvalue weighted by Gasteiger charge is 2.26. The molecule has 0 saturated heterocycles. The Kier molecular flexibility index (Phi) is 9.74. The fourth-order valence-corrected chi connectivity index (χ4v) is 4.43. The summed E-state index contributed by atoms with van der Waals surface area (Å²) in [4.78, 5) is 26.7. The average Bonchev–Trinajstić information content (AvgIpc) is 2.91. The normalized spacial score (nSPS) is 11.9. The first-order valence-corrected chi connectivity index (χ1v) is 13.0. The minimum atomic E-state index is -3.95. The molecule has 1 atom stereocenters. The van der Waals surface area contributed by atoms with Gasteiger partial charge >= 0.3 is 0 Å². The number of anilines is 1. The Morgan fingerprint density at radius 3 is 2.11 bits per heavy atom. The van der Waals surface area contributed by atoms with Crippen LogP contribution >= 0.6 is 0 Å². The molecule has 3 rings (SSSR count).